The average Bonchev–Trinajstić information content (AvgIpc) is 2.14. The van der Waals surface area contributed by atoms with E-state index >= 15 is 0 Å². The summed E-state index contributed by atoms with van der Waals surface area (Å²) in [7, 11) is 0. The van der Waals surface area contributed by atoms with Crippen molar-refractivity contribution in [3.05, 3.63) is 0 Å². The van der Waals surface area contributed by atoms with Gasteiger partial charge in [-0.1, -0.05) is 0 Å². The monoisotopic (exact) mass is 304 g/mol. The number of rotatable bonds is 7. The van der Waals surface area contributed by atoms with Crippen molar-refractivity contribution < 1.29 is 56.3 Å². The summed E-state index contributed by atoms with van der Waals surface area (Å²) < 4.78 is 4.35. The number of carboxylic acid groups (broad SMARTS) is 3. The van der Waals surface area contributed by atoms with Crippen molar-refractivity contribution in [3.8, 4) is 0 Å². The van der Waals surface area contributed by atoms with Crippen molar-refractivity contribution in [1.82, 2.24) is 0 Å². The third-order valence-corrected chi connectivity index (χ3v) is 1.74. The zero-order valence-corrected chi connectivity index (χ0v) is 10.1. The predicted molar refractivity (Wildman–Crippen MR) is 50.0 cm³/mol. The Balaban J connectivity index is 0. The van der Waals surface area contributed by atoms with Crippen molar-refractivity contribution in [2.75, 3.05) is 6.54 Å². The van der Waals surface area contributed by atoms with E-state index in [-0.39, 0.29) is 17.1 Å². The van der Waals surface area contributed by atoms with Crippen molar-refractivity contribution in [3.63, 3.8) is 0 Å². The van der Waals surface area contributed by atoms with E-state index in [0.717, 1.165) is 0 Å². The van der Waals surface area contributed by atoms with Gasteiger partial charge in [-0.05, 0) is 0 Å². The van der Waals surface area contributed by atoms with Crippen molar-refractivity contribution in [1.29, 1.82) is 0 Å². The summed E-state index contributed by atoms with van der Waals surface area (Å²) in [4.78, 5) is 42.8. The molecular formula is C8H11MnNO8. The molecule has 1 radical (unpaired) electrons. The number of carboxylic acids is 3. The molecule has 10 heteroatoms. The molecule has 0 aromatic rings. The van der Waals surface area contributed by atoms with Crippen LogP contribution in [0.3, 0.4) is 0 Å². The first-order valence-corrected chi connectivity index (χ1v) is 4.32. The molecule has 0 aliphatic carbocycles. The Kier molecular flexibility index (Phi) is 7.94. The van der Waals surface area contributed by atoms with Gasteiger partial charge >= 0.3 is 23.9 Å². The number of hydrogen-bond acceptors (Lipinski definition) is 6. The SMILES string of the molecule is NCC(=O)OC(CC(=O)O)(CC(=O)O)C(=O)O.[Mn]. The molecule has 18 heavy (non-hydrogen) atoms. The molecule has 0 atom stereocenters. The zero-order chi connectivity index (χ0) is 13.6. The van der Waals surface area contributed by atoms with Gasteiger partial charge in [0.05, 0.1) is 19.4 Å². The van der Waals surface area contributed by atoms with Crippen LogP contribution in [0.25, 0.3) is 0 Å². The van der Waals surface area contributed by atoms with E-state index in [2.05, 4.69) is 4.74 Å². The first kappa shape index (κ1) is 18.7. The van der Waals surface area contributed by atoms with Crippen LogP contribution < -0.4 is 5.73 Å². The summed E-state index contributed by atoms with van der Waals surface area (Å²) in [6, 6.07) is 0. The van der Waals surface area contributed by atoms with Gasteiger partial charge in [-0.2, -0.15) is 0 Å². The standard InChI is InChI=1S/C8H11NO8.Mn/c9-3-6(14)17-8(7(15)16,1-4(10)11)2-5(12)13;/h1-3,9H2,(H,10,11)(H,12,13)(H,15,16);. The molecule has 0 amide bonds. The molecule has 9 nitrogen and oxygen atoms in total. The second kappa shape index (κ2) is 7.64. The van der Waals surface area contributed by atoms with E-state index in [1.54, 1.807) is 0 Å². The van der Waals surface area contributed by atoms with Crippen molar-refractivity contribution in [2.45, 2.75) is 18.4 Å². The van der Waals surface area contributed by atoms with Crippen LogP contribution in [0.15, 0.2) is 0 Å². The van der Waals surface area contributed by atoms with Crippen LogP contribution in [0.4, 0.5) is 0 Å². The third-order valence-electron chi connectivity index (χ3n) is 1.74. The molecule has 0 aliphatic rings. The zero-order valence-electron chi connectivity index (χ0n) is 8.96. The second-order valence-electron chi connectivity index (χ2n) is 3.12. The summed E-state index contributed by atoms with van der Waals surface area (Å²) in [5, 5.41) is 25.9. The summed E-state index contributed by atoms with van der Waals surface area (Å²) in [5.41, 5.74) is 2.23. The number of nitrogens with two attached hydrogens (primary N) is 1. The van der Waals surface area contributed by atoms with Gasteiger partial charge in [-0.25, -0.2) is 4.79 Å². The fraction of sp³-hybridized carbons (Fsp3) is 0.500. The predicted octanol–water partition coefficient (Wildman–Crippen LogP) is -1.74. The summed E-state index contributed by atoms with van der Waals surface area (Å²) in [6.45, 7) is -0.686. The van der Waals surface area contributed by atoms with Crippen LogP contribution in [-0.2, 0) is 41.0 Å². The van der Waals surface area contributed by atoms with Gasteiger partial charge < -0.3 is 25.8 Å². The van der Waals surface area contributed by atoms with E-state index in [1.165, 1.54) is 0 Å². The molecular weight excluding hydrogens is 293 g/mol. The number of aliphatic carboxylic acids is 3. The average molecular weight is 304 g/mol. The third kappa shape index (κ3) is 5.62. The van der Waals surface area contributed by atoms with E-state index < -0.39 is 48.9 Å². The molecule has 5 N–H and O–H groups in total. The van der Waals surface area contributed by atoms with E-state index in [1.807, 2.05) is 0 Å². The normalized spacial score (nSPS) is 10.1. The topological polar surface area (TPSA) is 164 Å². The maximum atomic E-state index is 10.9. The van der Waals surface area contributed by atoms with Crippen molar-refractivity contribution in [2.24, 2.45) is 5.73 Å². The molecule has 0 spiro atoms. The Morgan fingerprint density at radius 3 is 1.61 bits per heavy atom. The van der Waals surface area contributed by atoms with E-state index in [0.29, 0.717) is 0 Å². The molecule has 0 rings (SSSR count). The molecule has 0 aromatic carbocycles. The Labute approximate surface area is 111 Å². The molecule has 0 unspecified atom stereocenters. The number of carbonyl (C=O) groups is 4. The van der Waals surface area contributed by atoms with Crippen LogP contribution in [0.1, 0.15) is 12.8 Å². The fourth-order valence-corrected chi connectivity index (χ4v) is 1.08. The van der Waals surface area contributed by atoms with Gasteiger partial charge in [0.25, 0.3) is 0 Å². The van der Waals surface area contributed by atoms with Crippen LogP contribution in [-0.4, -0.2) is 51.3 Å². The molecule has 103 valence electrons. The first-order valence-electron chi connectivity index (χ1n) is 4.32. The largest absolute Gasteiger partial charge is 0.481 e. The van der Waals surface area contributed by atoms with Gasteiger partial charge in [-0.15, -0.1) is 0 Å². The van der Waals surface area contributed by atoms with Crippen LogP contribution in [0, 0.1) is 0 Å². The maximum Gasteiger partial charge on any atom is 0.349 e. The van der Waals surface area contributed by atoms with E-state index in [9.17, 15) is 19.2 Å². The minimum Gasteiger partial charge on any atom is -0.481 e. The molecule has 0 saturated heterocycles. The Bertz CT molecular complexity index is 339. The molecule has 0 saturated carbocycles. The Morgan fingerprint density at radius 2 is 1.39 bits per heavy atom. The number of hydrogen-bond donors (Lipinski definition) is 4. The quantitative estimate of drug-likeness (QED) is 0.315. The minimum atomic E-state index is -2.64. The number of ether oxygens (including phenoxy) is 1. The summed E-state index contributed by atoms with van der Waals surface area (Å²) >= 11 is 0. The molecule has 0 aliphatic heterocycles. The van der Waals surface area contributed by atoms with Crippen LogP contribution in [0.5, 0.6) is 0 Å². The Morgan fingerprint density at radius 1 is 1.00 bits per heavy atom. The molecule has 0 fully saturated rings. The van der Waals surface area contributed by atoms with Gasteiger partial charge in [0, 0.05) is 17.1 Å². The van der Waals surface area contributed by atoms with Gasteiger partial charge in [0.1, 0.15) is 0 Å². The summed E-state index contributed by atoms with van der Waals surface area (Å²) in [6.07, 6.45) is -2.33. The van der Waals surface area contributed by atoms with Crippen LogP contribution in [0.2, 0.25) is 0 Å². The van der Waals surface area contributed by atoms with Gasteiger partial charge in [-0.3, -0.25) is 14.4 Å². The number of esters is 1. The smallest absolute Gasteiger partial charge is 0.349 e. The van der Waals surface area contributed by atoms with Gasteiger partial charge in [0.2, 0.25) is 5.60 Å². The Hall–Kier alpha value is -1.64. The first-order chi connectivity index (χ1) is 7.73. The molecule has 0 aromatic heterocycles. The van der Waals surface area contributed by atoms with Gasteiger partial charge in [0.15, 0.2) is 0 Å². The maximum absolute atomic E-state index is 10.9. The fourth-order valence-electron chi connectivity index (χ4n) is 1.08. The molecule has 0 heterocycles. The van der Waals surface area contributed by atoms with E-state index in [4.69, 9.17) is 21.1 Å². The van der Waals surface area contributed by atoms with Crippen molar-refractivity contribution >= 4 is 23.9 Å². The summed E-state index contributed by atoms with van der Waals surface area (Å²) in [5.74, 6) is -6.28. The second-order valence-corrected chi connectivity index (χ2v) is 3.12. The number of carbonyl (C=O) groups excluding carboxylic acids is 1. The minimum absolute atomic E-state index is 0. The van der Waals surface area contributed by atoms with Crippen LogP contribution >= 0.6 is 0 Å². The molecule has 0 bridgehead atoms.